The minimum atomic E-state index is -0.0250. The van der Waals surface area contributed by atoms with Gasteiger partial charge in [-0.25, -0.2) is 0 Å². The van der Waals surface area contributed by atoms with E-state index in [2.05, 4.69) is 51.8 Å². The quantitative estimate of drug-likeness (QED) is 0.310. The molecule has 3 aromatic heterocycles. The van der Waals surface area contributed by atoms with Crippen LogP contribution in [-0.4, -0.2) is 39.3 Å². The van der Waals surface area contributed by atoms with Crippen LogP contribution in [-0.2, 0) is 13.0 Å². The fourth-order valence-electron chi connectivity index (χ4n) is 4.71. The summed E-state index contributed by atoms with van der Waals surface area (Å²) in [7, 11) is 1.67. The van der Waals surface area contributed by atoms with Gasteiger partial charge < -0.3 is 15.0 Å². The van der Waals surface area contributed by atoms with Gasteiger partial charge in [-0.05, 0) is 48.0 Å². The van der Waals surface area contributed by atoms with E-state index in [1.54, 1.807) is 13.3 Å². The Hall–Kier alpha value is -4.91. The number of carbonyl (C=O) groups is 1. The van der Waals surface area contributed by atoms with Crippen LogP contribution in [0.5, 0.6) is 5.75 Å². The van der Waals surface area contributed by atoms with Crippen LogP contribution in [0.1, 0.15) is 32.9 Å². The summed E-state index contributed by atoms with van der Waals surface area (Å²) in [4.78, 5) is 20.1. The van der Waals surface area contributed by atoms with Crippen LogP contribution in [0.4, 0.5) is 0 Å². The molecule has 1 aliphatic heterocycles. The summed E-state index contributed by atoms with van der Waals surface area (Å²) in [6.07, 6.45) is 8.71. The van der Waals surface area contributed by atoms with Gasteiger partial charge in [-0.3, -0.25) is 14.5 Å². The summed E-state index contributed by atoms with van der Waals surface area (Å²) in [5.74, 6) is 0.809. The predicted molar refractivity (Wildman–Crippen MR) is 149 cm³/mol. The van der Waals surface area contributed by atoms with E-state index in [1.807, 2.05) is 59.3 Å². The highest BCUT2D eigenvalue weighted by Crippen LogP contribution is 2.27. The van der Waals surface area contributed by atoms with Crippen LogP contribution in [0.2, 0.25) is 0 Å². The van der Waals surface area contributed by atoms with Crippen molar-refractivity contribution in [3.05, 3.63) is 113 Å². The molecule has 6 rings (SSSR count). The second-order valence-corrected chi connectivity index (χ2v) is 9.23. The molecule has 7 nitrogen and oxygen atoms in total. The second-order valence-electron chi connectivity index (χ2n) is 9.23. The van der Waals surface area contributed by atoms with E-state index in [1.165, 1.54) is 0 Å². The van der Waals surface area contributed by atoms with Crippen molar-refractivity contribution in [3.8, 4) is 28.3 Å². The van der Waals surface area contributed by atoms with Crippen LogP contribution in [0, 0.1) is 0 Å². The van der Waals surface area contributed by atoms with Crippen molar-refractivity contribution in [2.45, 2.75) is 13.0 Å². The Balaban J connectivity index is 1.30. The summed E-state index contributed by atoms with van der Waals surface area (Å²) in [6.45, 7) is 1.31. The van der Waals surface area contributed by atoms with Crippen LogP contribution in [0.15, 0.2) is 85.2 Å². The number of carbonyl (C=O) groups excluding carboxylic acids is 1. The molecule has 1 amide bonds. The van der Waals surface area contributed by atoms with E-state index >= 15 is 0 Å². The van der Waals surface area contributed by atoms with Crippen LogP contribution < -0.4 is 10.1 Å². The molecule has 2 aromatic carbocycles. The fourth-order valence-corrected chi connectivity index (χ4v) is 4.71. The monoisotopic (exact) mass is 501 g/mol. The highest BCUT2D eigenvalue weighted by atomic mass is 16.5. The minimum Gasteiger partial charge on any atom is -0.497 e. The van der Waals surface area contributed by atoms with E-state index in [0.717, 1.165) is 62.8 Å². The molecule has 0 atom stereocenters. The number of aromatic nitrogens is 4. The minimum absolute atomic E-state index is 0.0250. The molecular weight excluding hydrogens is 474 g/mol. The molecule has 0 aliphatic carbocycles. The van der Waals surface area contributed by atoms with Gasteiger partial charge in [-0.15, -0.1) is 0 Å². The number of hydrogen-bond donors (Lipinski definition) is 2. The Morgan fingerprint density at radius 2 is 1.84 bits per heavy atom. The molecule has 1 aliphatic rings. The van der Waals surface area contributed by atoms with Crippen molar-refractivity contribution in [2.75, 3.05) is 13.7 Å². The van der Waals surface area contributed by atoms with Gasteiger partial charge in [0.1, 0.15) is 5.75 Å². The third kappa shape index (κ3) is 4.86. The number of aromatic amines is 1. The summed E-state index contributed by atoms with van der Waals surface area (Å²) in [5.41, 5.74) is 8.53. The zero-order chi connectivity index (χ0) is 25.9. The molecular formula is C31H27N5O2. The summed E-state index contributed by atoms with van der Waals surface area (Å²) >= 11 is 0. The maximum atomic E-state index is 12.2. The SMILES string of the molecule is COc1ccc(Cn2cc(/C=C/c3cc(-c4cc5c([nH]4)CCNC5=O)ccn3)c(-c3ccccc3)n2)cc1. The number of fused-ring (bicyclic) bond motifs is 1. The lowest BCUT2D eigenvalue weighted by Gasteiger charge is -2.10. The molecule has 7 heteroatoms. The van der Waals surface area contributed by atoms with E-state index in [9.17, 15) is 4.79 Å². The number of ether oxygens (including phenoxy) is 1. The van der Waals surface area contributed by atoms with Crippen LogP contribution in [0.3, 0.4) is 0 Å². The average molecular weight is 502 g/mol. The number of methoxy groups -OCH3 is 1. The average Bonchev–Trinajstić information content (AvgIpc) is 3.58. The Morgan fingerprint density at radius 3 is 2.63 bits per heavy atom. The van der Waals surface area contributed by atoms with E-state index in [4.69, 9.17) is 9.84 Å². The van der Waals surface area contributed by atoms with Crippen molar-refractivity contribution >= 4 is 18.1 Å². The highest BCUT2D eigenvalue weighted by Gasteiger charge is 2.20. The third-order valence-corrected chi connectivity index (χ3v) is 6.67. The van der Waals surface area contributed by atoms with Gasteiger partial charge >= 0.3 is 0 Å². The standard InChI is InChI=1S/C31H27N5O2/c1-38-26-11-7-21(8-12-26)19-36-20-24(30(35-36)22-5-3-2-4-6-22)9-10-25-17-23(13-15-32-25)29-18-27-28(34-29)14-16-33-31(27)37/h2-13,15,17-18,20,34H,14,16,19H2,1H3,(H,33,37)/b10-9+. The van der Waals surface area contributed by atoms with E-state index in [-0.39, 0.29) is 5.91 Å². The summed E-state index contributed by atoms with van der Waals surface area (Å²) in [6, 6.07) is 24.1. The number of H-pyrrole nitrogens is 1. The molecule has 0 radical (unpaired) electrons. The normalized spacial score (nSPS) is 12.9. The molecule has 0 saturated heterocycles. The lowest BCUT2D eigenvalue weighted by atomic mass is 10.1. The number of nitrogens with zero attached hydrogens (tertiary/aromatic N) is 3. The molecule has 188 valence electrons. The first-order valence-corrected chi connectivity index (χ1v) is 12.6. The molecule has 38 heavy (non-hydrogen) atoms. The van der Waals surface area contributed by atoms with E-state index in [0.29, 0.717) is 13.1 Å². The zero-order valence-corrected chi connectivity index (χ0v) is 21.0. The summed E-state index contributed by atoms with van der Waals surface area (Å²) in [5, 5.41) is 7.81. The molecule has 0 saturated carbocycles. The zero-order valence-electron chi connectivity index (χ0n) is 21.0. The topological polar surface area (TPSA) is 84.8 Å². The second kappa shape index (κ2) is 10.2. The Kier molecular flexibility index (Phi) is 6.32. The largest absolute Gasteiger partial charge is 0.497 e. The maximum Gasteiger partial charge on any atom is 0.253 e. The first kappa shape index (κ1) is 23.5. The molecule has 0 bridgehead atoms. The number of hydrogen-bond acceptors (Lipinski definition) is 4. The molecule has 0 spiro atoms. The lowest BCUT2D eigenvalue weighted by molar-refractivity contribution is 0.0946. The summed E-state index contributed by atoms with van der Waals surface area (Å²) < 4.78 is 7.24. The van der Waals surface area contributed by atoms with Crippen molar-refractivity contribution in [1.82, 2.24) is 25.1 Å². The van der Waals surface area contributed by atoms with Gasteiger partial charge in [-0.1, -0.05) is 42.5 Å². The maximum absolute atomic E-state index is 12.2. The van der Waals surface area contributed by atoms with Crippen molar-refractivity contribution in [3.63, 3.8) is 0 Å². The van der Waals surface area contributed by atoms with Gasteiger partial charge in [0, 0.05) is 53.4 Å². The van der Waals surface area contributed by atoms with Gasteiger partial charge in [0.25, 0.3) is 5.91 Å². The number of benzene rings is 2. The Bertz CT molecular complexity index is 1610. The van der Waals surface area contributed by atoms with E-state index < -0.39 is 0 Å². The van der Waals surface area contributed by atoms with Crippen molar-refractivity contribution in [1.29, 1.82) is 0 Å². The predicted octanol–water partition coefficient (Wildman–Crippen LogP) is 5.45. The fraction of sp³-hybridized carbons (Fsp3) is 0.129. The van der Waals surface area contributed by atoms with Crippen molar-refractivity contribution in [2.24, 2.45) is 0 Å². The molecule has 0 unspecified atom stereocenters. The molecule has 5 aromatic rings. The van der Waals surface area contributed by atoms with Crippen LogP contribution in [0.25, 0.3) is 34.7 Å². The first-order valence-electron chi connectivity index (χ1n) is 12.6. The number of nitrogens with one attached hydrogen (secondary N) is 2. The molecule has 4 heterocycles. The third-order valence-electron chi connectivity index (χ3n) is 6.67. The van der Waals surface area contributed by atoms with Crippen LogP contribution >= 0.6 is 0 Å². The Labute approximate surface area is 220 Å². The smallest absolute Gasteiger partial charge is 0.253 e. The van der Waals surface area contributed by atoms with Gasteiger partial charge in [0.2, 0.25) is 0 Å². The molecule has 2 N–H and O–H groups in total. The van der Waals surface area contributed by atoms with Gasteiger partial charge in [0.05, 0.1) is 30.6 Å². The first-order chi connectivity index (χ1) is 18.7. The number of rotatable bonds is 7. The highest BCUT2D eigenvalue weighted by molar-refractivity contribution is 5.97. The number of amides is 1. The van der Waals surface area contributed by atoms with Crippen molar-refractivity contribution < 1.29 is 9.53 Å². The lowest BCUT2D eigenvalue weighted by Crippen LogP contribution is -2.31. The van der Waals surface area contributed by atoms with Gasteiger partial charge in [0.15, 0.2) is 0 Å². The molecule has 0 fully saturated rings. The Morgan fingerprint density at radius 1 is 1.00 bits per heavy atom. The number of pyridine rings is 1. The van der Waals surface area contributed by atoms with Gasteiger partial charge in [-0.2, -0.15) is 5.10 Å².